The predicted octanol–water partition coefficient (Wildman–Crippen LogP) is 4.15. The van der Waals surface area contributed by atoms with E-state index >= 15 is 0 Å². The fourth-order valence-corrected chi connectivity index (χ4v) is 5.13. The zero-order valence-electron chi connectivity index (χ0n) is 22.1. The average Bonchev–Trinajstić information content (AvgIpc) is 3.62. The summed E-state index contributed by atoms with van der Waals surface area (Å²) in [6.07, 6.45) is -17.1. The van der Waals surface area contributed by atoms with Crippen LogP contribution in [0.2, 0.25) is 0 Å². The van der Waals surface area contributed by atoms with E-state index in [1.54, 1.807) is 35.0 Å². The number of likely N-dealkylation sites (tertiary alicyclic amines) is 1. The van der Waals surface area contributed by atoms with Crippen molar-refractivity contribution >= 4 is 40.5 Å². The lowest BCUT2D eigenvalue weighted by Crippen LogP contribution is -2.48. The van der Waals surface area contributed by atoms with Crippen LogP contribution in [0.1, 0.15) is 5.69 Å². The molecule has 1 fully saturated rings. The summed E-state index contributed by atoms with van der Waals surface area (Å²) in [7, 11) is 0. The van der Waals surface area contributed by atoms with Crippen LogP contribution in [0.4, 0.5) is 43.7 Å². The van der Waals surface area contributed by atoms with E-state index in [1.807, 2.05) is 25.1 Å². The number of H-pyrrole nitrogens is 1. The Morgan fingerprint density at radius 3 is 2.53 bits per heavy atom. The number of carbonyl (C=O) groups excluding carboxylic acids is 1. The number of aliphatic hydroxyl groups is 1. The van der Waals surface area contributed by atoms with Crippen molar-refractivity contribution in [1.29, 1.82) is 0 Å². The number of hydrogen-bond donors (Lipinski definition) is 4. The second kappa shape index (κ2) is 12.0. The van der Waals surface area contributed by atoms with E-state index in [2.05, 4.69) is 35.7 Å². The standard InChI is InChI=1S/C25H24F6N8O3S/c1-13-9-19(36-35-13)33-21-16-3-2-8-39(16)37-23(34-21)43-15-6-4-14(5-7-15)32-20(41)12-38-10-17(40)18(11-38)42-22(24(26,27)28)25(29,30)31/h2-9,17-18,22,40H,10-12H2,1H3,(H,32,41)(H2,33,34,35,36,37)/t17-,18-/m0/s1. The predicted molar refractivity (Wildman–Crippen MR) is 142 cm³/mol. The van der Waals surface area contributed by atoms with E-state index in [4.69, 9.17) is 0 Å². The fraction of sp³-hybridized carbons (Fsp3) is 0.360. The number of carbonyl (C=O) groups is 1. The van der Waals surface area contributed by atoms with Gasteiger partial charge >= 0.3 is 12.4 Å². The summed E-state index contributed by atoms with van der Waals surface area (Å²) >= 11 is 1.26. The molecule has 11 nitrogen and oxygen atoms in total. The number of β-amino-alcohol motifs (C(OH)–C–C–N with tert-alkyl or cyclic N) is 1. The number of halogens is 6. The van der Waals surface area contributed by atoms with Crippen molar-refractivity contribution < 1.29 is 41.0 Å². The number of rotatable bonds is 9. The number of aromatic amines is 1. The molecule has 5 rings (SSSR count). The third-order valence-electron chi connectivity index (χ3n) is 6.26. The number of alkyl halides is 6. The lowest BCUT2D eigenvalue weighted by molar-refractivity contribution is -0.333. The number of aromatic nitrogens is 5. The van der Waals surface area contributed by atoms with Crippen molar-refractivity contribution in [2.45, 2.75) is 47.6 Å². The molecule has 2 atom stereocenters. The van der Waals surface area contributed by atoms with Gasteiger partial charge in [0.1, 0.15) is 5.52 Å². The molecular formula is C25H24F6N8O3S. The SMILES string of the molecule is Cc1cc(Nc2nc(Sc3ccc(NC(=O)CN4C[C@H](OC(C(F)(F)F)C(F)(F)F)[C@@H](O)C4)cc3)nn3cccc23)n[nH]1. The van der Waals surface area contributed by atoms with Crippen LogP contribution in [0.15, 0.2) is 58.7 Å². The van der Waals surface area contributed by atoms with E-state index in [0.717, 1.165) is 16.1 Å². The summed E-state index contributed by atoms with van der Waals surface area (Å²) in [6.45, 7) is 0.664. The number of anilines is 3. The van der Waals surface area contributed by atoms with E-state index in [1.165, 1.54) is 16.7 Å². The fourth-order valence-electron chi connectivity index (χ4n) is 4.38. The summed E-state index contributed by atoms with van der Waals surface area (Å²) in [4.78, 5) is 19.1. The van der Waals surface area contributed by atoms with Crippen molar-refractivity contribution in [1.82, 2.24) is 29.7 Å². The van der Waals surface area contributed by atoms with Gasteiger partial charge in [0, 0.05) is 41.6 Å². The van der Waals surface area contributed by atoms with Crippen LogP contribution in [0.25, 0.3) is 5.52 Å². The highest BCUT2D eigenvalue weighted by Gasteiger charge is 2.59. The maximum absolute atomic E-state index is 12.8. The zero-order chi connectivity index (χ0) is 30.9. The minimum absolute atomic E-state index is 0.335. The number of hydrogen-bond acceptors (Lipinski definition) is 9. The van der Waals surface area contributed by atoms with E-state index in [9.17, 15) is 36.2 Å². The van der Waals surface area contributed by atoms with Crippen molar-refractivity contribution in [3.63, 3.8) is 0 Å². The van der Waals surface area contributed by atoms with Gasteiger partial charge in [-0.15, -0.1) is 5.10 Å². The molecule has 0 aliphatic carbocycles. The molecule has 1 aromatic carbocycles. The van der Waals surface area contributed by atoms with Crippen molar-refractivity contribution in [2.24, 2.45) is 0 Å². The Morgan fingerprint density at radius 2 is 1.88 bits per heavy atom. The molecule has 4 N–H and O–H groups in total. The number of aliphatic hydroxyl groups excluding tert-OH is 1. The molecule has 0 spiro atoms. The van der Waals surface area contributed by atoms with Gasteiger partial charge in [0.2, 0.25) is 17.2 Å². The van der Waals surface area contributed by atoms with Crippen LogP contribution in [0, 0.1) is 6.92 Å². The molecule has 0 bridgehead atoms. The Kier molecular flexibility index (Phi) is 8.55. The quantitative estimate of drug-likeness (QED) is 0.202. The molecule has 0 radical (unpaired) electrons. The van der Waals surface area contributed by atoms with Gasteiger partial charge in [-0.3, -0.25) is 14.8 Å². The molecule has 1 amide bonds. The molecular weight excluding hydrogens is 606 g/mol. The van der Waals surface area contributed by atoms with E-state index in [0.29, 0.717) is 22.5 Å². The Hall–Kier alpha value is -3.87. The molecule has 1 saturated heterocycles. The minimum Gasteiger partial charge on any atom is -0.389 e. The number of aryl methyl sites for hydroxylation is 1. The molecule has 1 aliphatic heterocycles. The molecule has 18 heteroatoms. The van der Waals surface area contributed by atoms with Gasteiger partial charge in [0.25, 0.3) is 0 Å². The summed E-state index contributed by atoms with van der Waals surface area (Å²) < 4.78 is 82.8. The number of nitrogens with one attached hydrogen (secondary N) is 3. The first-order valence-corrected chi connectivity index (χ1v) is 13.5. The molecule has 4 heterocycles. The van der Waals surface area contributed by atoms with Crippen LogP contribution in [-0.4, -0.2) is 91.0 Å². The van der Waals surface area contributed by atoms with Crippen molar-refractivity contribution in [3.05, 3.63) is 54.4 Å². The summed E-state index contributed by atoms with van der Waals surface area (Å²) in [5.74, 6) is 0.556. The van der Waals surface area contributed by atoms with Crippen LogP contribution < -0.4 is 10.6 Å². The molecule has 3 aromatic heterocycles. The van der Waals surface area contributed by atoms with E-state index in [-0.39, 0.29) is 13.1 Å². The minimum atomic E-state index is -5.70. The van der Waals surface area contributed by atoms with Gasteiger partial charge in [-0.1, -0.05) is 0 Å². The molecule has 0 saturated carbocycles. The van der Waals surface area contributed by atoms with Crippen LogP contribution >= 0.6 is 11.8 Å². The molecule has 1 aliphatic rings. The third kappa shape index (κ3) is 7.56. The van der Waals surface area contributed by atoms with Gasteiger partial charge in [0.05, 0.1) is 18.8 Å². The highest BCUT2D eigenvalue weighted by atomic mass is 32.2. The van der Waals surface area contributed by atoms with Gasteiger partial charge in [0.15, 0.2) is 11.6 Å². The lowest BCUT2D eigenvalue weighted by Gasteiger charge is -2.27. The number of amides is 1. The molecule has 0 unspecified atom stereocenters. The normalized spacial score (nSPS) is 18.1. The highest BCUT2D eigenvalue weighted by molar-refractivity contribution is 7.99. The van der Waals surface area contributed by atoms with Crippen LogP contribution in [0.3, 0.4) is 0 Å². The first-order chi connectivity index (χ1) is 20.2. The summed E-state index contributed by atoms with van der Waals surface area (Å²) in [5.41, 5.74) is 2.02. The van der Waals surface area contributed by atoms with Crippen molar-refractivity contribution in [3.8, 4) is 0 Å². The second-order valence-corrected chi connectivity index (χ2v) is 10.8. The van der Waals surface area contributed by atoms with Crippen LogP contribution in [-0.2, 0) is 9.53 Å². The monoisotopic (exact) mass is 630 g/mol. The topological polar surface area (TPSA) is 133 Å². The average molecular weight is 631 g/mol. The number of ether oxygens (including phenoxy) is 1. The highest BCUT2D eigenvalue weighted by Crippen LogP contribution is 2.37. The Bertz CT molecular complexity index is 1560. The van der Waals surface area contributed by atoms with Crippen molar-refractivity contribution in [2.75, 3.05) is 30.3 Å². The smallest absolute Gasteiger partial charge is 0.389 e. The number of benzene rings is 1. The first-order valence-electron chi connectivity index (χ1n) is 12.7. The largest absolute Gasteiger partial charge is 0.423 e. The maximum Gasteiger partial charge on any atom is 0.423 e. The Balaban J connectivity index is 1.17. The van der Waals surface area contributed by atoms with Gasteiger partial charge in [-0.2, -0.15) is 31.4 Å². The Morgan fingerprint density at radius 1 is 1.16 bits per heavy atom. The summed E-state index contributed by atoms with van der Waals surface area (Å²) in [6, 6.07) is 12.2. The molecule has 43 heavy (non-hydrogen) atoms. The zero-order valence-corrected chi connectivity index (χ0v) is 23.0. The third-order valence-corrected chi connectivity index (χ3v) is 7.12. The summed E-state index contributed by atoms with van der Waals surface area (Å²) in [5, 5.41) is 27.7. The number of nitrogens with zero attached hydrogens (tertiary/aromatic N) is 5. The Labute approximate surface area is 243 Å². The lowest BCUT2D eigenvalue weighted by atomic mass is 10.2. The van der Waals surface area contributed by atoms with E-state index < -0.39 is 43.1 Å². The first kappa shape index (κ1) is 30.6. The molecule has 4 aromatic rings. The van der Waals surface area contributed by atoms with Crippen LogP contribution in [0.5, 0.6) is 0 Å². The van der Waals surface area contributed by atoms with Gasteiger partial charge < -0.3 is 20.5 Å². The second-order valence-electron chi connectivity index (χ2n) is 9.72. The number of fused-ring (bicyclic) bond motifs is 1. The van der Waals surface area contributed by atoms with Gasteiger partial charge in [-0.25, -0.2) is 9.50 Å². The van der Waals surface area contributed by atoms with Gasteiger partial charge in [-0.05, 0) is 55.1 Å². The molecule has 230 valence electrons. The maximum atomic E-state index is 12.8.